The summed E-state index contributed by atoms with van der Waals surface area (Å²) in [7, 11) is -4.09. The number of hydrogen-bond acceptors (Lipinski definition) is 4. The Morgan fingerprint density at radius 3 is 2.48 bits per heavy atom. The summed E-state index contributed by atoms with van der Waals surface area (Å²) in [4.78, 5) is 7.71. The van der Waals surface area contributed by atoms with Crippen LogP contribution in [0.4, 0.5) is 18.9 Å². The fourth-order valence-corrected chi connectivity index (χ4v) is 4.58. The minimum atomic E-state index is -4.09. The molecule has 2 heterocycles. The van der Waals surface area contributed by atoms with Crippen molar-refractivity contribution in [2.75, 3.05) is 5.32 Å². The lowest BCUT2D eigenvalue weighted by Gasteiger charge is -2.26. The second-order valence-corrected chi connectivity index (χ2v) is 8.56. The van der Waals surface area contributed by atoms with Gasteiger partial charge in [-0.05, 0) is 35.9 Å². The van der Waals surface area contributed by atoms with Gasteiger partial charge >= 0.3 is 0 Å². The van der Waals surface area contributed by atoms with E-state index in [1.54, 1.807) is 13.0 Å². The number of anilines is 1. The Morgan fingerprint density at radius 1 is 1.00 bits per heavy atom. The number of pyridine rings is 1. The minimum absolute atomic E-state index is 0.0148. The number of sulfonamides is 1. The first-order valence-electron chi connectivity index (χ1n) is 9.28. The summed E-state index contributed by atoms with van der Waals surface area (Å²) in [5, 5.41) is 2.77. The van der Waals surface area contributed by atoms with E-state index in [-0.39, 0.29) is 39.9 Å². The number of rotatable bonds is 4. The van der Waals surface area contributed by atoms with Crippen molar-refractivity contribution in [1.82, 2.24) is 9.71 Å². The molecule has 6 nitrogen and oxygen atoms in total. The molecule has 0 fully saturated rings. The van der Waals surface area contributed by atoms with Crippen LogP contribution in [0.2, 0.25) is 0 Å². The summed E-state index contributed by atoms with van der Waals surface area (Å²) >= 11 is 0. The van der Waals surface area contributed by atoms with E-state index < -0.39 is 33.4 Å². The quantitative estimate of drug-likeness (QED) is 0.637. The first kappa shape index (κ1) is 20.9. The molecule has 160 valence electrons. The average molecular weight is 446 g/mol. The number of halogens is 3. The number of benzene rings is 2. The maximum absolute atomic E-state index is 14.9. The van der Waals surface area contributed by atoms with Gasteiger partial charge in [-0.2, -0.15) is 0 Å². The molecular weight excluding hydrogens is 429 g/mol. The second kappa shape index (κ2) is 8.03. The Balaban J connectivity index is 1.78. The van der Waals surface area contributed by atoms with E-state index in [2.05, 4.69) is 20.0 Å². The Bertz CT molecular complexity index is 1300. The third-order valence-corrected chi connectivity index (χ3v) is 6.33. The summed E-state index contributed by atoms with van der Waals surface area (Å²) in [5.74, 6) is -2.85. The van der Waals surface area contributed by atoms with E-state index in [0.717, 1.165) is 12.1 Å². The molecule has 0 bridgehead atoms. The molecule has 1 aromatic heterocycles. The molecule has 2 aromatic carbocycles. The molecule has 0 amide bonds. The van der Waals surface area contributed by atoms with Crippen molar-refractivity contribution in [3.8, 4) is 0 Å². The second-order valence-electron chi connectivity index (χ2n) is 6.90. The van der Waals surface area contributed by atoms with Crippen molar-refractivity contribution in [3.63, 3.8) is 0 Å². The molecule has 0 saturated heterocycles. The maximum atomic E-state index is 14.9. The third-order valence-electron chi connectivity index (χ3n) is 4.94. The highest BCUT2D eigenvalue weighted by molar-refractivity contribution is 7.90. The van der Waals surface area contributed by atoms with Crippen LogP contribution in [0, 0.1) is 17.5 Å². The molecule has 0 spiro atoms. The van der Waals surface area contributed by atoms with Crippen LogP contribution in [0.15, 0.2) is 64.6 Å². The smallest absolute Gasteiger partial charge is 0.266 e. The number of hydrogen-bond donors (Lipinski definition) is 2. The maximum Gasteiger partial charge on any atom is 0.266 e. The summed E-state index contributed by atoms with van der Waals surface area (Å²) in [6.45, 7) is 1.33. The summed E-state index contributed by atoms with van der Waals surface area (Å²) in [6, 6.07) is 10.7. The van der Waals surface area contributed by atoms with Crippen LogP contribution >= 0.6 is 0 Å². The molecule has 10 heteroatoms. The fourth-order valence-electron chi connectivity index (χ4n) is 3.42. The number of nitrogens with one attached hydrogen (secondary N) is 2. The predicted molar refractivity (Wildman–Crippen MR) is 110 cm³/mol. The first-order valence-corrected chi connectivity index (χ1v) is 10.8. The molecule has 3 aromatic rings. The zero-order valence-electron chi connectivity index (χ0n) is 16.2. The third kappa shape index (κ3) is 3.98. The summed E-state index contributed by atoms with van der Waals surface area (Å²) < 4.78 is 70.7. The summed E-state index contributed by atoms with van der Waals surface area (Å²) in [5.41, 5.74) is 0.154. The highest BCUT2D eigenvalue weighted by atomic mass is 32.2. The van der Waals surface area contributed by atoms with Gasteiger partial charge in [-0.1, -0.05) is 25.1 Å². The SMILES string of the molecule is CC(c1ccccc1F)c1c(F)ccc2c1NC(=NCc1ncccc1F)NS2(=O)=O. The van der Waals surface area contributed by atoms with Gasteiger partial charge in [-0.15, -0.1) is 0 Å². The molecule has 1 unspecified atom stereocenters. The molecular formula is C21H17F3N4O2S. The van der Waals surface area contributed by atoms with E-state index in [1.165, 1.54) is 36.5 Å². The molecule has 0 saturated carbocycles. The van der Waals surface area contributed by atoms with Crippen LogP contribution in [0.25, 0.3) is 0 Å². The predicted octanol–water partition coefficient (Wildman–Crippen LogP) is 3.91. The van der Waals surface area contributed by atoms with Crippen LogP contribution in [0.1, 0.15) is 29.7 Å². The van der Waals surface area contributed by atoms with Crippen molar-refractivity contribution in [3.05, 3.63) is 89.0 Å². The molecule has 31 heavy (non-hydrogen) atoms. The van der Waals surface area contributed by atoms with Gasteiger partial charge in [0.1, 0.15) is 22.3 Å². The first-order chi connectivity index (χ1) is 14.8. The number of fused-ring (bicyclic) bond motifs is 1. The van der Waals surface area contributed by atoms with Crippen molar-refractivity contribution < 1.29 is 21.6 Å². The average Bonchev–Trinajstić information content (AvgIpc) is 2.72. The van der Waals surface area contributed by atoms with Crippen molar-refractivity contribution in [1.29, 1.82) is 0 Å². The number of aromatic nitrogens is 1. The van der Waals surface area contributed by atoms with Gasteiger partial charge in [0, 0.05) is 17.7 Å². The van der Waals surface area contributed by atoms with Gasteiger partial charge < -0.3 is 5.32 Å². The normalized spacial score (nSPS) is 16.8. The number of aliphatic imine (C=N–C) groups is 1. The van der Waals surface area contributed by atoms with Gasteiger partial charge in [0.05, 0.1) is 17.9 Å². The Hall–Kier alpha value is -3.40. The van der Waals surface area contributed by atoms with E-state index in [4.69, 9.17) is 0 Å². The molecule has 1 aliphatic heterocycles. The van der Waals surface area contributed by atoms with Crippen LogP contribution in [0.5, 0.6) is 0 Å². The van der Waals surface area contributed by atoms with Crippen molar-refractivity contribution >= 4 is 21.7 Å². The molecule has 4 rings (SSSR count). The molecule has 1 aliphatic rings. The lowest BCUT2D eigenvalue weighted by Crippen LogP contribution is -2.41. The van der Waals surface area contributed by atoms with Crippen LogP contribution in [-0.4, -0.2) is 19.4 Å². The lowest BCUT2D eigenvalue weighted by molar-refractivity contribution is 0.577. The zero-order valence-corrected chi connectivity index (χ0v) is 17.1. The van der Waals surface area contributed by atoms with Crippen LogP contribution in [0.3, 0.4) is 0 Å². The standard InChI is InChI=1S/C21H17F3N4O2S/c1-12(13-5-2-3-6-14(13)22)19-16(24)8-9-18-20(19)27-21(28-31(18,29)30)26-11-17-15(23)7-4-10-25-17/h2-10,12H,11H2,1H3,(H2,26,27,28). The van der Waals surface area contributed by atoms with Crippen LogP contribution < -0.4 is 10.0 Å². The largest absolute Gasteiger partial charge is 0.324 e. The zero-order chi connectivity index (χ0) is 22.2. The van der Waals surface area contributed by atoms with Crippen molar-refractivity contribution in [2.45, 2.75) is 24.3 Å². The molecule has 1 atom stereocenters. The highest BCUT2D eigenvalue weighted by Gasteiger charge is 2.32. The van der Waals surface area contributed by atoms with Gasteiger partial charge in [-0.3, -0.25) is 4.98 Å². The number of nitrogens with zero attached hydrogens (tertiary/aromatic N) is 2. The summed E-state index contributed by atoms with van der Waals surface area (Å²) in [6.07, 6.45) is 1.38. The Labute approximate surface area is 176 Å². The molecule has 0 aliphatic carbocycles. The highest BCUT2D eigenvalue weighted by Crippen LogP contribution is 2.38. The van der Waals surface area contributed by atoms with Gasteiger partial charge in [0.25, 0.3) is 10.0 Å². The fraction of sp³-hybridized carbons (Fsp3) is 0.143. The Morgan fingerprint density at radius 2 is 1.74 bits per heavy atom. The number of guanidine groups is 1. The van der Waals surface area contributed by atoms with Crippen LogP contribution in [-0.2, 0) is 16.6 Å². The minimum Gasteiger partial charge on any atom is -0.324 e. The van der Waals surface area contributed by atoms with Crippen molar-refractivity contribution in [2.24, 2.45) is 4.99 Å². The molecule has 2 N–H and O–H groups in total. The van der Waals surface area contributed by atoms with Gasteiger partial charge in [0.15, 0.2) is 0 Å². The Kier molecular flexibility index (Phi) is 5.40. The van der Waals surface area contributed by atoms with Gasteiger partial charge in [0.2, 0.25) is 5.96 Å². The lowest BCUT2D eigenvalue weighted by atomic mass is 9.91. The van der Waals surface area contributed by atoms with E-state index >= 15 is 0 Å². The monoisotopic (exact) mass is 446 g/mol. The van der Waals surface area contributed by atoms with E-state index in [1.807, 2.05) is 0 Å². The van der Waals surface area contributed by atoms with E-state index in [9.17, 15) is 21.6 Å². The van der Waals surface area contributed by atoms with Gasteiger partial charge in [-0.25, -0.2) is 31.3 Å². The molecule has 0 radical (unpaired) electrons. The topological polar surface area (TPSA) is 83.4 Å². The van der Waals surface area contributed by atoms with E-state index in [0.29, 0.717) is 0 Å².